The van der Waals surface area contributed by atoms with E-state index in [0.29, 0.717) is 0 Å². The van der Waals surface area contributed by atoms with Crippen LogP contribution in [0.15, 0.2) is 0 Å². The van der Waals surface area contributed by atoms with Crippen molar-refractivity contribution in [2.75, 3.05) is 0 Å². The molecule has 0 saturated carbocycles. The van der Waals surface area contributed by atoms with Gasteiger partial charge in [0.2, 0.25) is 0 Å². The second kappa shape index (κ2) is 65.7. The summed E-state index contributed by atoms with van der Waals surface area (Å²) < 4.78 is 81.4. The molecular weight excluding hydrogens is 1480 g/mol. The highest BCUT2D eigenvalue weighted by molar-refractivity contribution is 6.96. The fraction of sp³-hybridized carbons (Fsp3) is 1.00. The maximum Gasteiger partial charge on any atom is 0.320 e. The first-order valence-corrected chi connectivity index (χ1v) is 71.9. The molecule has 0 aromatic heterocycles. The summed E-state index contributed by atoms with van der Waals surface area (Å²) in [7, 11) is -29.6. The van der Waals surface area contributed by atoms with Crippen LogP contribution in [0.25, 0.3) is 0 Å². The van der Waals surface area contributed by atoms with Crippen LogP contribution < -0.4 is 0 Å². The highest BCUT2D eigenvalue weighted by Gasteiger charge is 2.62. The molecule has 107 heavy (non-hydrogen) atoms. The maximum atomic E-state index is 9.26. The van der Waals surface area contributed by atoms with Gasteiger partial charge in [-0.15, -0.1) is 0 Å². The summed E-state index contributed by atoms with van der Waals surface area (Å²) in [6.07, 6.45) is 51.6. The molecule has 0 aliphatic carbocycles. The van der Waals surface area contributed by atoms with Gasteiger partial charge in [-0.1, -0.05) is 435 Å². The van der Waals surface area contributed by atoms with Gasteiger partial charge in [-0.2, -0.15) is 0 Å². The van der Waals surface area contributed by atoms with Gasteiger partial charge in [0.25, 0.3) is 0 Å². The summed E-state index contributed by atoms with van der Waals surface area (Å²) in [5, 5.41) is 0. The molecule has 0 fully saturated rings. The molecule has 0 bridgehead atoms. The molecule has 0 aromatic rings. The fourth-order valence-electron chi connectivity index (χ4n) is 17.1. The lowest BCUT2D eigenvalue weighted by Gasteiger charge is -2.53. The number of hydrogen-bond acceptors (Lipinski definition) is 9. The van der Waals surface area contributed by atoms with Crippen LogP contribution in [0.2, 0.25) is 133 Å². The molecule has 0 N–H and O–H groups in total. The molecular formula is C88H198O9Si10. The lowest BCUT2D eigenvalue weighted by Crippen LogP contribution is -2.68. The molecule has 0 radical (unpaired) electrons. The molecule has 0 aliphatic heterocycles. The van der Waals surface area contributed by atoms with Crippen LogP contribution in [0, 0.1) is 0 Å². The first kappa shape index (κ1) is 109. The third-order valence-electron chi connectivity index (χ3n) is 23.9. The van der Waals surface area contributed by atoms with Gasteiger partial charge in [0, 0.05) is 0 Å². The molecule has 0 aliphatic rings. The van der Waals surface area contributed by atoms with Crippen LogP contribution in [0.1, 0.15) is 435 Å². The van der Waals surface area contributed by atoms with Crippen molar-refractivity contribution < 1.29 is 37.0 Å². The molecule has 9 nitrogen and oxygen atoms in total. The summed E-state index contributed by atoms with van der Waals surface area (Å²) >= 11 is 0. The first-order chi connectivity index (χ1) is 51.7. The van der Waals surface area contributed by atoms with Crippen molar-refractivity contribution in [3.63, 3.8) is 0 Å². The van der Waals surface area contributed by atoms with Crippen LogP contribution in [0.3, 0.4) is 0 Å². The lowest BCUT2D eigenvalue weighted by molar-refractivity contribution is 0.220. The topological polar surface area (TPSA) is 83.1 Å². The zero-order valence-electron chi connectivity index (χ0n) is 77.3. The van der Waals surface area contributed by atoms with Crippen molar-refractivity contribution in [3.8, 4) is 0 Å². The van der Waals surface area contributed by atoms with E-state index in [4.69, 9.17) is 24.7 Å². The smallest absolute Gasteiger partial charge is 0.320 e. The van der Waals surface area contributed by atoms with Crippen molar-refractivity contribution in [1.82, 2.24) is 0 Å². The lowest BCUT2D eigenvalue weighted by atomic mass is 10.4. The van der Waals surface area contributed by atoms with Gasteiger partial charge in [-0.05, 0) is 133 Å². The molecule has 0 rings (SSSR count). The molecule has 0 saturated heterocycles. The van der Waals surface area contributed by atoms with Gasteiger partial charge in [0.05, 0.1) is 0 Å². The van der Waals surface area contributed by atoms with Gasteiger partial charge in [-0.25, -0.2) is 0 Å². The molecule has 0 atom stereocenters. The summed E-state index contributed by atoms with van der Waals surface area (Å²) in [5.74, 6) is 0. The monoisotopic (exact) mass is 1680 g/mol. The van der Waals surface area contributed by atoms with E-state index in [1.165, 1.54) is 165 Å². The zero-order chi connectivity index (χ0) is 80.0. The summed E-state index contributed by atoms with van der Waals surface area (Å²) in [6, 6.07) is 24.5. The van der Waals surface area contributed by atoms with E-state index < -0.39 is 85.1 Å². The Morgan fingerprint density at radius 3 is 0.262 bits per heavy atom. The molecule has 0 unspecified atom stereocenters. The van der Waals surface area contributed by atoms with E-state index in [1.54, 1.807) is 0 Å². The minimum absolute atomic E-state index is 1.01. The van der Waals surface area contributed by atoms with Gasteiger partial charge >= 0.3 is 68.5 Å². The number of unbranched alkanes of at least 4 members (excludes halogenated alkanes) is 22. The van der Waals surface area contributed by atoms with E-state index in [9.17, 15) is 12.3 Å². The highest BCUT2D eigenvalue weighted by Crippen LogP contribution is 2.49. The number of rotatable bonds is 84. The molecule has 19 heteroatoms. The SMILES string of the molecule is CCCC[Si](CCCC)(CCCC)O[Si](CCCC)(CCCC)O[Si](CCCC)(CCCC)O[Si](CCCC)(CCCC)O[Si](CCCC)(CCCC)O[Si](CCCC)(CCCC)O[Si](CCCC)(CCCC)O[Si](CCCC)(CCCC)O[Si](CCCC)(CCCC)O[Si](CCCC)(CCCC)CCCC. The third kappa shape index (κ3) is 43.9. The Morgan fingerprint density at radius 2 is 0.178 bits per heavy atom. The van der Waals surface area contributed by atoms with E-state index >= 15 is 0 Å². The molecule has 0 aromatic carbocycles. The Labute approximate surface area is 685 Å². The second-order valence-electron chi connectivity index (χ2n) is 34.8. The van der Waals surface area contributed by atoms with Gasteiger partial charge in [0.1, 0.15) is 0 Å². The van der Waals surface area contributed by atoms with Gasteiger partial charge in [-0.3, -0.25) is 0 Å². The van der Waals surface area contributed by atoms with E-state index in [1.807, 2.05) is 0 Å². The minimum Gasteiger partial charge on any atom is -0.436 e. The predicted octanol–water partition coefficient (Wildman–Crippen LogP) is 34.2. The van der Waals surface area contributed by atoms with Crippen LogP contribution in [0.5, 0.6) is 0 Å². The van der Waals surface area contributed by atoms with Crippen LogP contribution in [-0.4, -0.2) is 85.1 Å². The van der Waals surface area contributed by atoms with Gasteiger partial charge < -0.3 is 37.0 Å². The Bertz CT molecular complexity index is 1740. The predicted molar refractivity (Wildman–Crippen MR) is 501 cm³/mol. The van der Waals surface area contributed by atoms with E-state index in [2.05, 4.69) is 152 Å². The quantitative estimate of drug-likeness (QED) is 0.0553. The Kier molecular flexibility index (Phi) is 66.8. The maximum absolute atomic E-state index is 9.26. The molecule has 0 amide bonds. The largest absolute Gasteiger partial charge is 0.436 e. The Hall–Kier alpha value is 1.81. The fourth-order valence-corrected chi connectivity index (χ4v) is 86.1. The van der Waals surface area contributed by atoms with Gasteiger partial charge in [0.15, 0.2) is 16.6 Å². The Balaban J connectivity index is 10.3. The van der Waals surface area contributed by atoms with Crippen molar-refractivity contribution in [3.05, 3.63) is 0 Å². The zero-order valence-corrected chi connectivity index (χ0v) is 87.3. The third-order valence-corrected chi connectivity index (χ3v) is 76.6. The Morgan fingerprint density at radius 1 is 0.103 bits per heavy atom. The molecule has 644 valence electrons. The average molecular weight is 1680 g/mol. The van der Waals surface area contributed by atoms with E-state index in [0.717, 1.165) is 251 Å². The molecule has 0 heterocycles. The van der Waals surface area contributed by atoms with Crippen molar-refractivity contribution in [2.24, 2.45) is 0 Å². The summed E-state index contributed by atoms with van der Waals surface area (Å²) in [4.78, 5) is 0. The average Bonchev–Trinajstić information content (AvgIpc) is 0.760. The normalized spacial score (nSPS) is 13.5. The van der Waals surface area contributed by atoms with E-state index in [-0.39, 0.29) is 0 Å². The highest BCUT2D eigenvalue weighted by atomic mass is 28.5. The second-order valence-corrected chi connectivity index (χ2v) is 72.5. The first-order valence-electron chi connectivity index (χ1n) is 49.0. The van der Waals surface area contributed by atoms with Crippen molar-refractivity contribution >= 4 is 85.1 Å². The van der Waals surface area contributed by atoms with Crippen LogP contribution in [-0.2, 0) is 37.0 Å². The summed E-state index contributed by atoms with van der Waals surface area (Å²) in [6.45, 7) is 53.6. The molecule has 0 spiro atoms. The van der Waals surface area contributed by atoms with Crippen molar-refractivity contribution in [1.29, 1.82) is 0 Å². The van der Waals surface area contributed by atoms with Crippen molar-refractivity contribution in [2.45, 2.75) is 568 Å². The summed E-state index contributed by atoms with van der Waals surface area (Å²) in [5.41, 5.74) is 0. The number of hydrogen-bond donors (Lipinski definition) is 0. The standard InChI is InChI=1S/C88H198O9Si10/c1-23-45-67-98(68-46-24-2,69-47-25-3)89-100(73-51-29-7,74-52-30-8)91-102(77-55-33-11,78-56-34-12)93-104(81-59-37-15,82-60-38-16)95-106(85-63-41-19,86-64-42-20)97-107(87-65-43-21,88-66-44-22)96-105(83-61-39-17,84-62-40-18)94-103(79-57-35-13,80-58-36-14)92-101(75-53-31-9,76-54-32-10)90-99(70-48-26-4,71-49-27-5)72-50-28-6/h23-88H2,1-22H3. The van der Waals surface area contributed by atoms with Crippen LogP contribution >= 0.6 is 0 Å². The van der Waals surface area contributed by atoms with Crippen LogP contribution in [0.4, 0.5) is 0 Å². The minimum atomic E-state index is -3.28.